The number of imidazole rings is 1. The first-order chi connectivity index (χ1) is 6.31. The molecule has 0 aromatic carbocycles. The van der Waals surface area contributed by atoms with Gasteiger partial charge in [-0.1, -0.05) is 0 Å². The molecular formula is C5H7F3N2O3S. The van der Waals surface area contributed by atoms with Crippen LogP contribution in [0.5, 0.6) is 0 Å². The summed E-state index contributed by atoms with van der Waals surface area (Å²) in [5.74, 6) is 0. The van der Waals surface area contributed by atoms with Gasteiger partial charge in [-0.25, -0.2) is 4.98 Å². The molecule has 0 aliphatic heterocycles. The number of nitrogens with zero attached hydrogens (tertiary/aromatic N) is 1. The third-order valence-corrected chi connectivity index (χ3v) is 1.91. The molecule has 0 amide bonds. The van der Waals surface area contributed by atoms with Crippen molar-refractivity contribution in [1.29, 1.82) is 0 Å². The number of nitrogens with one attached hydrogen (secondary N) is 1. The molecule has 0 fully saturated rings. The van der Waals surface area contributed by atoms with Gasteiger partial charge in [-0.15, -0.1) is 0 Å². The highest BCUT2D eigenvalue weighted by Gasteiger charge is 2.46. The van der Waals surface area contributed by atoms with Gasteiger partial charge in [0, 0.05) is 12.4 Å². The predicted octanol–water partition coefficient (Wildman–Crippen LogP) is 0.892. The number of H-pyrrole nitrogens is 1. The van der Waals surface area contributed by atoms with Crippen molar-refractivity contribution in [1.82, 2.24) is 9.97 Å². The van der Waals surface area contributed by atoms with Gasteiger partial charge in [-0.3, -0.25) is 4.18 Å². The van der Waals surface area contributed by atoms with Crippen LogP contribution in [-0.2, 0) is 14.3 Å². The average Bonchev–Trinajstić information content (AvgIpc) is 2.59. The molecule has 1 heterocycles. The van der Waals surface area contributed by atoms with Gasteiger partial charge in [0.05, 0.1) is 13.4 Å². The Labute approximate surface area is 78.0 Å². The summed E-state index contributed by atoms with van der Waals surface area (Å²) in [6, 6.07) is 0. The molecule has 0 bridgehead atoms. The summed E-state index contributed by atoms with van der Waals surface area (Å²) in [7, 11) is -4.89. The van der Waals surface area contributed by atoms with E-state index < -0.39 is 15.6 Å². The largest absolute Gasteiger partial charge is 0.523 e. The Hall–Kier alpha value is -1.09. The van der Waals surface area contributed by atoms with Crippen LogP contribution in [0.4, 0.5) is 13.2 Å². The van der Waals surface area contributed by atoms with E-state index >= 15 is 0 Å². The molecule has 1 aromatic heterocycles. The fourth-order valence-corrected chi connectivity index (χ4v) is 0.499. The Morgan fingerprint density at radius 1 is 1.43 bits per heavy atom. The lowest BCUT2D eigenvalue weighted by atomic mass is 11.0. The van der Waals surface area contributed by atoms with Gasteiger partial charge in [0.1, 0.15) is 0 Å². The third kappa shape index (κ3) is 4.23. The van der Waals surface area contributed by atoms with Gasteiger partial charge < -0.3 is 4.98 Å². The summed E-state index contributed by atoms with van der Waals surface area (Å²) in [5, 5.41) is 0. The molecule has 0 spiro atoms. The molecule has 0 unspecified atom stereocenters. The van der Waals surface area contributed by atoms with Gasteiger partial charge in [-0.2, -0.15) is 21.6 Å². The molecule has 0 saturated carbocycles. The number of hydrogen-bond acceptors (Lipinski definition) is 4. The van der Waals surface area contributed by atoms with E-state index in [4.69, 9.17) is 0 Å². The Kier molecular flexibility index (Phi) is 4.57. The molecule has 82 valence electrons. The maximum Gasteiger partial charge on any atom is 0.523 e. The van der Waals surface area contributed by atoms with Crippen molar-refractivity contribution in [3.05, 3.63) is 18.7 Å². The minimum absolute atomic E-state index is 0.447. The average molecular weight is 232 g/mol. The lowest BCUT2D eigenvalue weighted by molar-refractivity contribution is -0.0526. The molecule has 0 aliphatic carbocycles. The van der Waals surface area contributed by atoms with Crippen molar-refractivity contribution in [3.8, 4) is 0 Å². The molecule has 1 N–H and O–H groups in total. The summed E-state index contributed by atoms with van der Waals surface area (Å²) in [6.07, 6.45) is 5.08. The second kappa shape index (κ2) is 4.96. The predicted molar refractivity (Wildman–Crippen MR) is 40.6 cm³/mol. The van der Waals surface area contributed by atoms with E-state index in [0.29, 0.717) is 7.11 Å². The Bertz CT molecular complexity index is 314. The molecule has 1 aromatic rings. The number of rotatable bonds is 1. The first kappa shape index (κ1) is 12.9. The second-order valence-corrected chi connectivity index (χ2v) is 3.53. The maximum absolute atomic E-state index is 11.1. The molecule has 0 atom stereocenters. The minimum Gasteiger partial charge on any atom is -0.351 e. The van der Waals surface area contributed by atoms with E-state index in [1.54, 1.807) is 18.7 Å². The summed E-state index contributed by atoms with van der Waals surface area (Å²) < 4.78 is 55.9. The van der Waals surface area contributed by atoms with Crippen molar-refractivity contribution in [2.24, 2.45) is 0 Å². The van der Waals surface area contributed by atoms with Crippen LogP contribution in [0, 0.1) is 0 Å². The fraction of sp³-hybridized carbons (Fsp3) is 0.400. The summed E-state index contributed by atoms with van der Waals surface area (Å²) >= 11 is 0. The lowest BCUT2D eigenvalue weighted by Gasteiger charge is -2.02. The van der Waals surface area contributed by atoms with Crippen molar-refractivity contribution >= 4 is 10.1 Å². The van der Waals surface area contributed by atoms with Crippen LogP contribution >= 0.6 is 0 Å². The zero-order chi connectivity index (χ0) is 11.2. The van der Waals surface area contributed by atoms with Crippen LogP contribution in [0.1, 0.15) is 0 Å². The minimum atomic E-state index is -5.34. The number of halogens is 3. The molecule has 0 radical (unpaired) electrons. The van der Waals surface area contributed by atoms with Crippen LogP contribution in [0.3, 0.4) is 0 Å². The highest BCUT2D eigenvalue weighted by Crippen LogP contribution is 2.23. The van der Waals surface area contributed by atoms with Crippen molar-refractivity contribution in [2.75, 3.05) is 7.11 Å². The number of aromatic amines is 1. The van der Waals surface area contributed by atoms with Crippen molar-refractivity contribution < 1.29 is 25.8 Å². The second-order valence-electron chi connectivity index (χ2n) is 1.83. The van der Waals surface area contributed by atoms with E-state index in [2.05, 4.69) is 14.2 Å². The summed E-state index contributed by atoms with van der Waals surface area (Å²) in [5.41, 5.74) is -5.30. The number of aromatic nitrogens is 2. The number of hydrogen-bond donors (Lipinski definition) is 1. The van der Waals surface area contributed by atoms with Gasteiger partial charge in [-0.05, 0) is 0 Å². The quantitative estimate of drug-likeness (QED) is 0.576. The van der Waals surface area contributed by atoms with E-state index in [-0.39, 0.29) is 0 Å². The van der Waals surface area contributed by atoms with E-state index in [1.807, 2.05) is 0 Å². The lowest BCUT2D eigenvalue weighted by Crippen LogP contribution is -2.23. The summed E-state index contributed by atoms with van der Waals surface area (Å²) in [6.45, 7) is 0. The molecule has 14 heavy (non-hydrogen) atoms. The van der Waals surface area contributed by atoms with E-state index in [0.717, 1.165) is 0 Å². The molecule has 5 nitrogen and oxygen atoms in total. The molecular weight excluding hydrogens is 225 g/mol. The Morgan fingerprint density at radius 3 is 2.07 bits per heavy atom. The maximum atomic E-state index is 11.1. The van der Waals surface area contributed by atoms with Crippen molar-refractivity contribution in [2.45, 2.75) is 5.51 Å². The van der Waals surface area contributed by atoms with Crippen LogP contribution < -0.4 is 0 Å². The van der Waals surface area contributed by atoms with Crippen LogP contribution in [0.15, 0.2) is 18.7 Å². The highest BCUT2D eigenvalue weighted by molar-refractivity contribution is 7.87. The van der Waals surface area contributed by atoms with Gasteiger partial charge in [0.15, 0.2) is 0 Å². The Morgan fingerprint density at radius 2 is 2.00 bits per heavy atom. The first-order valence-corrected chi connectivity index (χ1v) is 4.51. The van der Waals surface area contributed by atoms with Gasteiger partial charge in [0.25, 0.3) is 0 Å². The summed E-state index contributed by atoms with van der Waals surface area (Å²) in [4.78, 5) is 6.42. The van der Waals surface area contributed by atoms with Crippen LogP contribution in [0.2, 0.25) is 0 Å². The van der Waals surface area contributed by atoms with Gasteiger partial charge >= 0.3 is 15.6 Å². The van der Waals surface area contributed by atoms with Crippen LogP contribution in [-0.4, -0.2) is 31.0 Å². The molecule has 1 rings (SSSR count). The fourth-order valence-electron chi connectivity index (χ4n) is 0.310. The SMILES string of the molecule is COS(=O)(=O)C(F)(F)F.c1c[nH]cn1. The molecule has 9 heteroatoms. The van der Waals surface area contributed by atoms with Crippen molar-refractivity contribution in [3.63, 3.8) is 0 Å². The zero-order valence-corrected chi connectivity index (χ0v) is 7.76. The smallest absolute Gasteiger partial charge is 0.351 e. The molecule has 0 saturated heterocycles. The van der Waals surface area contributed by atoms with Crippen LogP contribution in [0.25, 0.3) is 0 Å². The van der Waals surface area contributed by atoms with Gasteiger partial charge in [0.2, 0.25) is 0 Å². The first-order valence-electron chi connectivity index (χ1n) is 3.11. The topological polar surface area (TPSA) is 72.1 Å². The zero-order valence-electron chi connectivity index (χ0n) is 6.95. The highest BCUT2D eigenvalue weighted by atomic mass is 32.2. The third-order valence-electron chi connectivity index (χ3n) is 0.909. The standard InChI is InChI=1S/C3H4N2.C2H3F3O3S/c1-2-5-3-4-1;1-8-9(6,7)2(3,4)5/h1-3H,(H,4,5);1H3. The van der Waals surface area contributed by atoms with E-state index in [1.165, 1.54) is 0 Å². The normalized spacial score (nSPS) is 11.7. The monoisotopic (exact) mass is 232 g/mol. The van der Waals surface area contributed by atoms with E-state index in [9.17, 15) is 21.6 Å². The molecule has 0 aliphatic rings. The Balaban J connectivity index is 0.000000280. The number of alkyl halides is 3.